The predicted molar refractivity (Wildman–Crippen MR) is 155 cm³/mol. The van der Waals surface area contributed by atoms with Crippen LogP contribution in [0.15, 0.2) is 69.5 Å². The van der Waals surface area contributed by atoms with Crippen LogP contribution in [0, 0.1) is 18.3 Å². The van der Waals surface area contributed by atoms with E-state index in [-0.39, 0.29) is 23.3 Å². The Balaban J connectivity index is 1.41. The lowest BCUT2D eigenvalue weighted by Gasteiger charge is -2.38. The largest absolute Gasteiger partial charge is 0.384 e. The van der Waals surface area contributed by atoms with Gasteiger partial charge in [-0.3, -0.25) is 14.5 Å². The number of aryl methyl sites for hydroxylation is 1. The number of nitriles is 1. The Labute approximate surface area is 243 Å². The minimum atomic E-state index is -0.528. The van der Waals surface area contributed by atoms with E-state index >= 15 is 0 Å². The number of ketones is 1. The number of halogens is 2. The molecule has 1 aliphatic heterocycles. The van der Waals surface area contributed by atoms with Crippen molar-refractivity contribution in [2.24, 2.45) is 5.73 Å². The highest BCUT2D eigenvalue weighted by Gasteiger charge is 2.41. The van der Waals surface area contributed by atoms with Gasteiger partial charge >= 0.3 is 0 Å². The lowest BCUT2D eigenvalue weighted by Crippen LogP contribution is -2.38. The first-order chi connectivity index (χ1) is 18.8. The summed E-state index contributed by atoms with van der Waals surface area (Å²) in [5.41, 5.74) is 10.6. The van der Waals surface area contributed by atoms with Gasteiger partial charge in [-0.15, -0.1) is 10.2 Å². The van der Waals surface area contributed by atoms with Gasteiger partial charge in [0.1, 0.15) is 5.82 Å². The summed E-state index contributed by atoms with van der Waals surface area (Å²) in [7, 11) is 0. The molecular weight excluding hydrogens is 575 g/mol. The first-order valence-electron chi connectivity index (χ1n) is 12.0. The van der Waals surface area contributed by atoms with Crippen molar-refractivity contribution < 1.29 is 9.59 Å². The Hall–Kier alpha value is -3.36. The van der Waals surface area contributed by atoms with Crippen molar-refractivity contribution in [3.05, 3.63) is 86.3 Å². The number of rotatable bonds is 6. The smallest absolute Gasteiger partial charge is 0.234 e. The third kappa shape index (κ3) is 5.54. The first kappa shape index (κ1) is 27.2. The zero-order valence-corrected chi connectivity index (χ0v) is 23.8. The van der Waals surface area contributed by atoms with Gasteiger partial charge in [-0.05, 0) is 43.5 Å². The molecule has 0 fully saturated rings. The van der Waals surface area contributed by atoms with Gasteiger partial charge in [-0.1, -0.05) is 76.1 Å². The third-order valence-corrected chi connectivity index (χ3v) is 9.03. The van der Waals surface area contributed by atoms with E-state index in [0.717, 1.165) is 16.8 Å². The van der Waals surface area contributed by atoms with E-state index < -0.39 is 5.92 Å². The summed E-state index contributed by atoms with van der Waals surface area (Å²) in [5.74, 6) is -0.485. The number of amides is 1. The van der Waals surface area contributed by atoms with Crippen molar-refractivity contribution in [2.45, 2.75) is 36.4 Å². The van der Waals surface area contributed by atoms with Crippen molar-refractivity contribution in [1.82, 2.24) is 10.2 Å². The minimum Gasteiger partial charge on any atom is -0.384 e. The number of nitrogens with one attached hydrogen (secondary N) is 1. The van der Waals surface area contributed by atoms with Crippen molar-refractivity contribution in [1.29, 1.82) is 5.26 Å². The van der Waals surface area contributed by atoms with Gasteiger partial charge in [0.05, 0.1) is 34.0 Å². The number of hydrogen-bond acceptors (Lipinski definition) is 9. The molecule has 0 saturated heterocycles. The van der Waals surface area contributed by atoms with Crippen LogP contribution >= 0.6 is 46.3 Å². The van der Waals surface area contributed by atoms with Gasteiger partial charge in [0.2, 0.25) is 11.0 Å². The number of hydrogen-bond donors (Lipinski definition) is 2. The van der Waals surface area contributed by atoms with Crippen LogP contribution in [0.2, 0.25) is 10.0 Å². The van der Waals surface area contributed by atoms with Crippen LogP contribution in [0.25, 0.3) is 0 Å². The number of anilines is 2. The van der Waals surface area contributed by atoms with Crippen LogP contribution < -0.4 is 16.0 Å². The van der Waals surface area contributed by atoms with Crippen LogP contribution in [-0.4, -0.2) is 27.6 Å². The highest BCUT2D eigenvalue weighted by molar-refractivity contribution is 8.01. The molecular formula is C27H22Cl2N6O2S2. The minimum absolute atomic E-state index is 0.00344. The molecule has 3 N–H and O–H groups in total. The van der Waals surface area contributed by atoms with E-state index in [0.29, 0.717) is 55.6 Å². The molecule has 0 spiro atoms. The van der Waals surface area contributed by atoms with Crippen molar-refractivity contribution in [3.63, 3.8) is 0 Å². The number of Topliss-reactive ketones (excluding diaryl/α,β-unsaturated/α-hetero) is 1. The Morgan fingerprint density at radius 2 is 2.00 bits per heavy atom. The first-order valence-corrected chi connectivity index (χ1v) is 14.6. The van der Waals surface area contributed by atoms with Gasteiger partial charge in [-0.2, -0.15) is 5.26 Å². The fraction of sp³-hybridized carbons (Fsp3) is 0.222. The molecule has 1 aliphatic carbocycles. The summed E-state index contributed by atoms with van der Waals surface area (Å²) in [5, 5.41) is 22.7. The second-order valence-corrected chi connectivity index (χ2v) is 12.1. The predicted octanol–water partition coefficient (Wildman–Crippen LogP) is 6.19. The fourth-order valence-corrected chi connectivity index (χ4v) is 6.79. The highest BCUT2D eigenvalue weighted by atomic mass is 35.5. The Morgan fingerprint density at radius 3 is 2.72 bits per heavy atom. The van der Waals surface area contributed by atoms with Crippen LogP contribution in [-0.2, 0) is 9.59 Å². The molecule has 2 aliphatic rings. The molecule has 198 valence electrons. The van der Waals surface area contributed by atoms with Crippen LogP contribution in [0.5, 0.6) is 0 Å². The molecule has 1 aromatic heterocycles. The highest BCUT2D eigenvalue weighted by Crippen LogP contribution is 2.47. The van der Waals surface area contributed by atoms with Gasteiger partial charge in [0.15, 0.2) is 10.1 Å². The van der Waals surface area contributed by atoms with Crippen LogP contribution in [0.4, 0.5) is 10.8 Å². The normalized spacial score (nSPS) is 17.2. The monoisotopic (exact) mass is 596 g/mol. The van der Waals surface area contributed by atoms with Crippen molar-refractivity contribution in [2.75, 3.05) is 16.0 Å². The maximum absolute atomic E-state index is 13.2. The molecule has 3 aromatic rings. The van der Waals surface area contributed by atoms with Gasteiger partial charge in [-0.25, -0.2) is 0 Å². The number of allylic oxidation sites excluding steroid dienone is 3. The average molecular weight is 598 g/mol. The van der Waals surface area contributed by atoms with Crippen molar-refractivity contribution in [3.8, 4) is 6.07 Å². The Bertz CT molecular complexity index is 1580. The average Bonchev–Trinajstić information content (AvgIpc) is 3.37. The van der Waals surface area contributed by atoms with E-state index in [2.05, 4.69) is 21.6 Å². The lowest BCUT2D eigenvalue weighted by atomic mass is 9.75. The number of nitrogens with zero attached hydrogens (tertiary/aromatic N) is 4. The van der Waals surface area contributed by atoms with Gasteiger partial charge < -0.3 is 11.1 Å². The molecule has 0 radical (unpaired) electrons. The summed E-state index contributed by atoms with van der Waals surface area (Å²) in [4.78, 5) is 27.4. The van der Waals surface area contributed by atoms with E-state index in [1.54, 1.807) is 23.1 Å². The second kappa shape index (κ2) is 11.4. The summed E-state index contributed by atoms with van der Waals surface area (Å²) in [6.45, 7) is 1.99. The van der Waals surface area contributed by atoms with E-state index in [1.165, 1.54) is 23.1 Å². The van der Waals surface area contributed by atoms with Crippen LogP contribution in [0.1, 0.15) is 36.3 Å². The number of aromatic nitrogens is 2. The quantitative estimate of drug-likeness (QED) is 0.323. The maximum atomic E-state index is 13.2. The van der Waals surface area contributed by atoms with Gasteiger partial charge in [0.25, 0.3) is 0 Å². The van der Waals surface area contributed by atoms with Crippen LogP contribution in [0.3, 0.4) is 0 Å². The Morgan fingerprint density at radius 1 is 1.23 bits per heavy atom. The van der Waals surface area contributed by atoms with E-state index in [4.69, 9.17) is 28.9 Å². The molecule has 0 bridgehead atoms. The molecule has 2 aromatic carbocycles. The Kier molecular flexibility index (Phi) is 7.96. The standard InChI is InChI=1S/C27H22Cl2N6O2S2/c1-14-5-7-15(8-6-14)23-17(12-30)25(31)35(20-3-2-4-21(36)24(20)23)26-33-34-27(39-26)38-13-22(37)32-19-10-9-16(28)11-18(19)29/h5-11,23H,2-4,13,31H2,1H3,(H,32,37). The summed E-state index contributed by atoms with van der Waals surface area (Å²) < 4.78 is 0.540. The lowest BCUT2D eigenvalue weighted by molar-refractivity contribution is -0.116. The summed E-state index contributed by atoms with van der Waals surface area (Å²) in [6.07, 6.45) is 1.71. The zero-order chi connectivity index (χ0) is 27.7. The second-order valence-electron chi connectivity index (χ2n) is 9.04. The number of carbonyl (C=O) groups excluding carboxylic acids is 2. The van der Waals surface area contributed by atoms with Crippen molar-refractivity contribution >= 4 is 68.8 Å². The van der Waals surface area contributed by atoms with E-state index in [9.17, 15) is 14.9 Å². The summed E-state index contributed by atoms with van der Waals surface area (Å²) in [6, 6.07) is 14.9. The number of nitrogens with two attached hydrogens (primary N) is 1. The molecule has 1 amide bonds. The molecule has 5 rings (SSSR count). The number of benzene rings is 2. The molecule has 1 unspecified atom stereocenters. The molecule has 12 heteroatoms. The SMILES string of the molecule is Cc1ccc(C2C(C#N)=C(N)N(c3nnc(SCC(=O)Nc4ccc(Cl)cc4Cl)s3)C3=C2C(=O)CCC3)cc1. The van der Waals surface area contributed by atoms with E-state index in [1.807, 2.05) is 31.2 Å². The number of carbonyl (C=O) groups is 2. The molecule has 39 heavy (non-hydrogen) atoms. The summed E-state index contributed by atoms with van der Waals surface area (Å²) >= 11 is 14.5. The molecule has 2 heterocycles. The molecule has 1 atom stereocenters. The zero-order valence-electron chi connectivity index (χ0n) is 20.7. The fourth-order valence-electron chi connectivity index (χ4n) is 4.65. The maximum Gasteiger partial charge on any atom is 0.234 e. The number of thioether (sulfide) groups is 1. The van der Waals surface area contributed by atoms with Gasteiger partial charge in [0, 0.05) is 22.7 Å². The third-order valence-electron chi connectivity index (χ3n) is 6.44. The molecule has 0 saturated carbocycles. The molecule has 8 nitrogen and oxygen atoms in total. The topological polar surface area (TPSA) is 125 Å².